The first-order valence-electron chi connectivity index (χ1n) is 11.4. The topological polar surface area (TPSA) is 42.0 Å². The number of benzene rings is 4. The number of carbonyl (C=O) groups excluding carboxylic acids is 1. The first-order valence-corrected chi connectivity index (χ1v) is 11.4. The molecule has 0 unspecified atom stereocenters. The van der Waals surface area contributed by atoms with Crippen molar-refractivity contribution in [3.8, 4) is 11.1 Å². The third-order valence-corrected chi connectivity index (χ3v) is 6.16. The predicted molar refractivity (Wildman–Crippen MR) is 141 cm³/mol. The van der Waals surface area contributed by atoms with Crippen LogP contribution in [-0.4, -0.2) is 10.8 Å². The Morgan fingerprint density at radius 2 is 1.38 bits per heavy atom. The van der Waals surface area contributed by atoms with Crippen LogP contribution in [0.4, 0.5) is 11.5 Å². The van der Waals surface area contributed by atoms with Crippen molar-refractivity contribution in [1.29, 1.82) is 0 Å². The summed E-state index contributed by atoms with van der Waals surface area (Å²) in [5.74, 6) is 0.741. The number of hydrogen-bond donors (Lipinski definition) is 1. The standard InChI is InChI=1S/C31H26N2O/c1-20-14-16-27-25(18-20)29(23-10-6-4-7-11-23)22(3)31(32-27)33-28-17-15-21(2)19-26(28)30(34)24-12-8-5-9-13-24/h4-19H,1-3H3,(H,32,33). The fourth-order valence-corrected chi connectivity index (χ4v) is 4.40. The SMILES string of the molecule is Cc1ccc(Nc2nc3ccc(C)cc3c(-c3ccccc3)c2C)c(C(=O)c2ccccc2)c1. The third kappa shape index (κ3) is 4.08. The summed E-state index contributed by atoms with van der Waals surface area (Å²) >= 11 is 0. The van der Waals surface area contributed by atoms with Gasteiger partial charge in [-0.15, -0.1) is 0 Å². The molecule has 5 aromatic rings. The number of rotatable bonds is 5. The molecule has 166 valence electrons. The Balaban J connectivity index is 1.67. The predicted octanol–water partition coefficient (Wildman–Crippen LogP) is 7.80. The third-order valence-electron chi connectivity index (χ3n) is 6.16. The molecule has 3 nitrogen and oxygen atoms in total. The van der Waals surface area contributed by atoms with Gasteiger partial charge in [0, 0.05) is 22.1 Å². The number of ketones is 1. The van der Waals surface area contributed by atoms with Gasteiger partial charge in [0.1, 0.15) is 5.82 Å². The quantitative estimate of drug-likeness (QED) is 0.282. The summed E-state index contributed by atoms with van der Waals surface area (Å²) < 4.78 is 0. The van der Waals surface area contributed by atoms with Gasteiger partial charge in [0.05, 0.1) is 11.2 Å². The van der Waals surface area contributed by atoms with Gasteiger partial charge in [-0.05, 0) is 56.2 Å². The van der Waals surface area contributed by atoms with Crippen molar-refractivity contribution in [3.63, 3.8) is 0 Å². The van der Waals surface area contributed by atoms with Crippen molar-refractivity contribution in [2.24, 2.45) is 0 Å². The maximum absolute atomic E-state index is 13.4. The normalized spacial score (nSPS) is 10.9. The second kappa shape index (κ2) is 8.95. The fourth-order valence-electron chi connectivity index (χ4n) is 4.40. The molecule has 1 aromatic heterocycles. The first kappa shape index (κ1) is 21.6. The van der Waals surface area contributed by atoms with E-state index in [0.717, 1.165) is 44.7 Å². The van der Waals surface area contributed by atoms with Crippen LogP contribution in [0.3, 0.4) is 0 Å². The molecule has 0 spiro atoms. The average molecular weight is 443 g/mol. The highest BCUT2D eigenvalue weighted by Crippen LogP contribution is 2.36. The van der Waals surface area contributed by atoms with Gasteiger partial charge in [0.15, 0.2) is 5.78 Å². The lowest BCUT2D eigenvalue weighted by Gasteiger charge is -2.18. The summed E-state index contributed by atoms with van der Waals surface area (Å²) in [7, 11) is 0. The Morgan fingerprint density at radius 3 is 2.12 bits per heavy atom. The second-order valence-corrected chi connectivity index (χ2v) is 8.72. The van der Waals surface area contributed by atoms with Gasteiger partial charge in [0.25, 0.3) is 0 Å². The molecule has 0 radical (unpaired) electrons. The van der Waals surface area contributed by atoms with Gasteiger partial charge in [-0.25, -0.2) is 4.98 Å². The summed E-state index contributed by atoms with van der Waals surface area (Å²) in [6.07, 6.45) is 0. The van der Waals surface area contributed by atoms with E-state index in [1.54, 1.807) is 0 Å². The van der Waals surface area contributed by atoms with Crippen LogP contribution in [0.1, 0.15) is 32.6 Å². The molecule has 0 saturated carbocycles. The van der Waals surface area contributed by atoms with Crippen LogP contribution in [0.5, 0.6) is 0 Å². The van der Waals surface area contributed by atoms with Crippen LogP contribution >= 0.6 is 0 Å². The molecule has 3 heteroatoms. The Kier molecular flexibility index (Phi) is 5.69. The van der Waals surface area contributed by atoms with E-state index in [0.29, 0.717) is 11.1 Å². The van der Waals surface area contributed by atoms with Crippen LogP contribution in [0, 0.1) is 20.8 Å². The van der Waals surface area contributed by atoms with E-state index in [-0.39, 0.29) is 5.78 Å². The van der Waals surface area contributed by atoms with Gasteiger partial charge in [-0.1, -0.05) is 83.9 Å². The number of pyridine rings is 1. The zero-order valence-electron chi connectivity index (χ0n) is 19.6. The molecule has 1 heterocycles. The minimum absolute atomic E-state index is 0.0100. The lowest BCUT2D eigenvalue weighted by atomic mass is 9.95. The van der Waals surface area contributed by atoms with E-state index in [1.807, 2.05) is 61.5 Å². The number of carbonyl (C=O) groups is 1. The van der Waals surface area contributed by atoms with Crippen LogP contribution in [-0.2, 0) is 0 Å². The molecule has 0 aliphatic heterocycles. The minimum atomic E-state index is -0.0100. The van der Waals surface area contributed by atoms with Crippen LogP contribution in [0.15, 0.2) is 97.1 Å². The van der Waals surface area contributed by atoms with Gasteiger partial charge in [-0.2, -0.15) is 0 Å². The highest BCUT2D eigenvalue weighted by molar-refractivity contribution is 6.13. The monoisotopic (exact) mass is 442 g/mol. The Bertz CT molecular complexity index is 1510. The lowest BCUT2D eigenvalue weighted by Crippen LogP contribution is -2.08. The number of anilines is 2. The van der Waals surface area contributed by atoms with Gasteiger partial charge in [-0.3, -0.25) is 4.79 Å². The molecule has 0 amide bonds. The summed E-state index contributed by atoms with van der Waals surface area (Å²) in [5, 5.41) is 4.63. The number of hydrogen-bond acceptors (Lipinski definition) is 3. The molecule has 5 rings (SSSR count). The van der Waals surface area contributed by atoms with Crippen LogP contribution < -0.4 is 5.32 Å². The fraction of sp³-hybridized carbons (Fsp3) is 0.0968. The van der Waals surface area contributed by atoms with Crippen LogP contribution in [0.25, 0.3) is 22.0 Å². The first-order chi connectivity index (χ1) is 16.5. The van der Waals surface area contributed by atoms with E-state index in [2.05, 4.69) is 61.6 Å². The molecule has 0 aliphatic carbocycles. The van der Waals surface area contributed by atoms with Crippen molar-refractivity contribution >= 4 is 28.2 Å². The van der Waals surface area contributed by atoms with Crippen molar-refractivity contribution in [2.45, 2.75) is 20.8 Å². The highest BCUT2D eigenvalue weighted by Gasteiger charge is 2.18. The maximum atomic E-state index is 13.4. The smallest absolute Gasteiger partial charge is 0.195 e. The Labute approximate surface area is 200 Å². The van der Waals surface area contributed by atoms with Gasteiger partial charge < -0.3 is 5.32 Å². The van der Waals surface area contributed by atoms with Crippen molar-refractivity contribution in [1.82, 2.24) is 4.98 Å². The molecule has 0 bridgehead atoms. The largest absolute Gasteiger partial charge is 0.339 e. The number of nitrogens with one attached hydrogen (secondary N) is 1. The summed E-state index contributed by atoms with van der Waals surface area (Å²) in [5.41, 5.74) is 8.54. The number of aryl methyl sites for hydroxylation is 2. The molecule has 0 atom stereocenters. The molecular formula is C31H26N2O. The molecule has 34 heavy (non-hydrogen) atoms. The van der Waals surface area contributed by atoms with E-state index < -0.39 is 0 Å². The zero-order valence-corrected chi connectivity index (χ0v) is 19.6. The molecule has 4 aromatic carbocycles. The molecule has 0 saturated heterocycles. The Morgan fingerprint density at radius 1 is 0.735 bits per heavy atom. The molecule has 1 N–H and O–H groups in total. The highest BCUT2D eigenvalue weighted by atomic mass is 16.1. The average Bonchev–Trinajstić information content (AvgIpc) is 2.86. The molecular weight excluding hydrogens is 416 g/mol. The van der Waals surface area contributed by atoms with Gasteiger partial charge >= 0.3 is 0 Å². The van der Waals surface area contributed by atoms with Crippen molar-refractivity contribution in [2.75, 3.05) is 5.32 Å². The van der Waals surface area contributed by atoms with Gasteiger partial charge in [0.2, 0.25) is 0 Å². The molecule has 0 aliphatic rings. The van der Waals surface area contributed by atoms with Crippen molar-refractivity contribution in [3.05, 3.63) is 125 Å². The molecule has 0 fully saturated rings. The summed E-state index contributed by atoms with van der Waals surface area (Å²) in [6.45, 7) is 6.19. The van der Waals surface area contributed by atoms with Crippen molar-refractivity contribution < 1.29 is 4.79 Å². The maximum Gasteiger partial charge on any atom is 0.195 e. The van der Waals surface area contributed by atoms with Crippen LogP contribution in [0.2, 0.25) is 0 Å². The summed E-state index contributed by atoms with van der Waals surface area (Å²) in [6, 6.07) is 32.1. The van der Waals surface area contributed by atoms with E-state index in [4.69, 9.17) is 4.98 Å². The Hall–Kier alpha value is -4.24. The minimum Gasteiger partial charge on any atom is -0.339 e. The number of fused-ring (bicyclic) bond motifs is 1. The van der Waals surface area contributed by atoms with E-state index in [9.17, 15) is 4.79 Å². The lowest BCUT2D eigenvalue weighted by molar-refractivity contribution is 0.103. The van der Waals surface area contributed by atoms with E-state index in [1.165, 1.54) is 5.56 Å². The second-order valence-electron chi connectivity index (χ2n) is 8.72. The zero-order chi connectivity index (χ0) is 23.7. The number of nitrogens with zero attached hydrogens (tertiary/aromatic N) is 1. The number of aromatic nitrogens is 1. The van der Waals surface area contributed by atoms with E-state index >= 15 is 0 Å². The summed E-state index contributed by atoms with van der Waals surface area (Å²) in [4.78, 5) is 18.3.